The first-order valence-electron chi connectivity index (χ1n) is 6.51. The molecule has 0 aliphatic carbocycles. The number of H-pyrrole nitrogens is 1. The monoisotopic (exact) mass is 273 g/mol. The van der Waals surface area contributed by atoms with E-state index in [2.05, 4.69) is 19.9 Å². The number of carboxylic acids is 1. The predicted octanol–water partition coefficient (Wildman–Crippen LogP) is 1.23. The van der Waals surface area contributed by atoms with Crippen LogP contribution in [0.15, 0.2) is 18.3 Å². The third-order valence-electron chi connectivity index (χ3n) is 3.37. The molecular formula is C13H15N5O2. The summed E-state index contributed by atoms with van der Waals surface area (Å²) in [6.07, 6.45) is 3.25. The number of aliphatic carboxylic acids is 1. The van der Waals surface area contributed by atoms with E-state index in [0.717, 1.165) is 12.1 Å². The number of hydrogen-bond acceptors (Lipinski definition) is 5. The number of hydrogen-bond donors (Lipinski definition) is 2. The SMILES string of the molecule is Cc1nc(-c2ccc[nH]2)nc(N2CCCC2C(=O)O)n1. The second-order valence-electron chi connectivity index (χ2n) is 4.78. The first kappa shape index (κ1) is 12.6. The average molecular weight is 273 g/mol. The molecule has 1 aliphatic heterocycles. The Labute approximate surface area is 115 Å². The van der Waals surface area contributed by atoms with E-state index in [1.54, 1.807) is 18.0 Å². The summed E-state index contributed by atoms with van der Waals surface area (Å²) in [5.74, 6) is 0.721. The molecule has 7 nitrogen and oxygen atoms in total. The minimum atomic E-state index is -0.831. The fourth-order valence-corrected chi connectivity index (χ4v) is 2.45. The Morgan fingerprint density at radius 3 is 3.00 bits per heavy atom. The zero-order valence-corrected chi connectivity index (χ0v) is 11.1. The van der Waals surface area contributed by atoms with Gasteiger partial charge in [-0.15, -0.1) is 0 Å². The standard InChI is InChI=1S/C13H15N5O2/c1-8-15-11(9-4-2-6-14-9)17-13(16-8)18-7-3-5-10(18)12(19)20/h2,4,6,10,14H,3,5,7H2,1H3,(H,19,20). The van der Waals surface area contributed by atoms with Gasteiger partial charge in [0.15, 0.2) is 5.82 Å². The zero-order valence-electron chi connectivity index (χ0n) is 11.1. The lowest BCUT2D eigenvalue weighted by Crippen LogP contribution is -2.37. The number of anilines is 1. The molecule has 2 aromatic heterocycles. The van der Waals surface area contributed by atoms with E-state index < -0.39 is 12.0 Å². The molecule has 0 spiro atoms. The number of carboxylic acid groups (broad SMARTS) is 1. The van der Waals surface area contributed by atoms with Gasteiger partial charge in [0.1, 0.15) is 11.9 Å². The van der Waals surface area contributed by atoms with Crippen molar-refractivity contribution in [3.05, 3.63) is 24.2 Å². The van der Waals surface area contributed by atoms with Gasteiger partial charge in [0.25, 0.3) is 0 Å². The fraction of sp³-hybridized carbons (Fsp3) is 0.385. The van der Waals surface area contributed by atoms with Crippen LogP contribution in [0.2, 0.25) is 0 Å². The lowest BCUT2D eigenvalue weighted by Gasteiger charge is -2.21. The van der Waals surface area contributed by atoms with Gasteiger partial charge < -0.3 is 15.0 Å². The molecule has 1 unspecified atom stereocenters. The van der Waals surface area contributed by atoms with Crippen LogP contribution in [0.4, 0.5) is 5.95 Å². The van der Waals surface area contributed by atoms with Crippen molar-refractivity contribution in [3.63, 3.8) is 0 Å². The van der Waals surface area contributed by atoms with Crippen molar-refractivity contribution in [1.82, 2.24) is 19.9 Å². The highest BCUT2D eigenvalue weighted by Crippen LogP contribution is 2.24. The van der Waals surface area contributed by atoms with Gasteiger partial charge in [-0.25, -0.2) is 9.78 Å². The minimum absolute atomic E-state index is 0.437. The quantitative estimate of drug-likeness (QED) is 0.873. The Hall–Kier alpha value is -2.44. The molecule has 1 saturated heterocycles. The van der Waals surface area contributed by atoms with Crippen LogP contribution in [0.5, 0.6) is 0 Å². The topological polar surface area (TPSA) is 95.0 Å². The molecule has 0 aromatic carbocycles. The van der Waals surface area contributed by atoms with Crippen molar-refractivity contribution < 1.29 is 9.90 Å². The van der Waals surface area contributed by atoms with E-state index in [-0.39, 0.29) is 0 Å². The maximum atomic E-state index is 11.3. The van der Waals surface area contributed by atoms with Crippen molar-refractivity contribution in [2.24, 2.45) is 0 Å². The number of aromatic amines is 1. The highest BCUT2D eigenvalue weighted by molar-refractivity contribution is 5.78. The number of nitrogens with zero attached hydrogens (tertiary/aromatic N) is 4. The Bertz CT molecular complexity index is 626. The summed E-state index contributed by atoms with van der Waals surface area (Å²) >= 11 is 0. The van der Waals surface area contributed by atoms with Crippen LogP contribution in [0.25, 0.3) is 11.5 Å². The van der Waals surface area contributed by atoms with Crippen LogP contribution in [0.3, 0.4) is 0 Å². The molecule has 0 bridgehead atoms. The van der Waals surface area contributed by atoms with Gasteiger partial charge in [-0.1, -0.05) is 0 Å². The molecule has 1 aliphatic rings. The Morgan fingerprint density at radius 1 is 1.45 bits per heavy atom. The molecule has 2 aromatic rings. The van der Waals surface area contributed by atoms with Gasteiger partial charge in [0.2, 0.25) is 5.95 Å². The Kier molecular flexibility index (Phi) is 3.09. The van der Waals surface area contributed by atoms with E-state index in [1.807, 2.05) is 12.1 Å². The first-order valence-corrected chi connectivity index (χ1v) is 6.51. The van der Waals surface area contributed by atoms with Gasteiger partial charge in [-0.05, 0) is 31.9 Å². The van der Waals surface area contributed by atoms with Gasteiger partial charge in [-0.2, -0.15) is 9.97 Å². The second-order valence-corrected chi connectivity index (χ2v) is 4.78. The molecule has 2 N–H and O–H groups in total. The molecule has 1 atom stereocenters. The number of aromatic nitrogens is 4. The zero-order chi connectivity index (χ0) is 14.1. The Morgan fingerprint density at radius 2 is 2.30 bits per heavy atom. The van der Waals surface area contributed by atoms with Crippen LogP contribution in [0, 0.1) is 6.92 Å². The highest BCUT2D eigenvalue weighted by Gasteiger charge is 2.32. The summed E-state index contributed by atoms with van der Waals surface area (Å²) in [5, 5.41) is 9.25. The van der Waals surface area contributed by atoms with Gasteiger partial charge in [0.05, 0.1) is 5.69 Å². The summed E-state index contributed by atoms with van der Waals surface area (Å²) in [5.41, 5.74) is 0.794. The first-order chi connectivity index (χ1) is 9.65. The van der Waals surface area contributed by atoms with Crippen LogP contribution < -0.4 is 4.90 Å². The third-order valence-corrected chi connectivity index (χ3v) is 3.37. The molecule has 20 heavy (non-hydrogen) atoms. The molecule has 3 heterocycles. The summed E-state index contributed by atoms with van der Waals surface area (Å²) < 4.78 is 0. The van der Waals surface area contributed by atoms with Gasteiger partial charge in [0, 0.05) is 12.7 Å². The van der Waals surface area contributed by atoms with Crippen LogP contribution in [-0.2, 0) is 4.79 Å². The summed E-state index contributed by atoms with van der Waals surface area (Å²) in [6, 6.07) is 3.19. The summed E-state index contributed by atoms with van der Waals surface area (Å²) in [4.78, 5) is 29.0. The molecule has 0 amide bonds. The molecule has 1 fully saturated rings. The lowest BCUT2D eigenvalue weighted by atomic mass is 10.2. The molecule has 104 valence electrons. The van der Waals surface area contributed by atoms with Crippen LogP contribution in [0.1, 0.15) is 18.7 Å². The summed E-state index contributed by atoms with van der Waals surface area (Å²) in [6.45, 7) is 2.44. The van der Waals surface area contributed by atoms with Crippen molar-refractivity contribution in [2.75, 3.05) is 11.4 Å². The smallest absolute Gasteiger partial charge is 0.326 e. The second kappa shape index (κ2) is 4.92. The summed E-state index contributed by atoms with van der Waals surface area (Å²) in [7, 11) is 0. The fourth-order valence-electron chi connectivity index (χ4n) is 2.45. The number of nitrogens with one attached hydrogen (secondary N) is 1. The average Bonchev–Trinajstić information content (AvgIpc) is 3.09. The molecule has 0 saturated carbocycles. The molecule has 3 rings (SSSR count). The minimum Gasteiger partial charge on any atom is -0.480 e. The largest absolute Gasteiger partial charge is 0.480 e. The maximum Gasteiger partial charge on any atom is 0.326 e. The van der Waals surface area contributed by atoms with E-state index in [0.29, 0.717) is 30.6 Å². The van der Waals surface area contributed by atoms with Crippen molar-refractivity contribution in [2.45, 2.75) is 25.8 Å². The number of aryl methyl sites for hydroxylation is 1. The highest BCUT2D eigenvalue weighted by atomic mass is 16.4. The van der Waals surface area contributed by atoms with Crippen molar-refractivity contribution in [1.29, 1.82) is 0 Å². The van der Waals surface area contributed by atoms with E-state index in [1.165, 1.54) is 0 Å². The molecule has 0 radical (unpaired) electrons. The van der Waals surface area contributed by atoms with E-state index in [4.69, 9.17) is 0 Å². The number of carbonyl (C=O) groups is 1. The van der Waals surface area contributed by atoms with Crippen molar-refractivity contribution >= 4 is 11.9 Å². The van der Waals surface area contributed by atoms with E-state index in [9.17, 15) is 9.90 Å². The molecular weight excluding hydrogens is 258 g/mol. The predicted molar refractivity (Wildman–Crippen MR) is 72.4 cm³/mol. The molecule has 7 heteroatoms. The van der Waals surface area contributed by atoms with E-state index >= 15 is 0 Å². The Balaban J connectivity index is 2.00. The maximum absolute atomic E-state index is 11.3. The number of rotatable bonds is 3. The van der Waals surface area contributed by atoms with Gasteiger partial charge >= 0.3 is 5.97 Å². The third kappa shape index (κ3) is 2.22. The van der Waals surface area contributed by atoms with Crippen LogP contribution in [-0.4, -0.2) is 43.6 Å². The lowest BCUT2D eigenvalue weighted by molar-refractivity contribution is -0.138. The van der Waals surface area contributed by atoms with Crippen LogP contribution >= 0.6 is 0 Å². The van der Waals surface area contributed by atoms with Crippen molar-refractivity contribution in [3.8, 4) is 11.5 Å². The normalized spacial score (nSPS) is 18.4. The van der Waals surface area contributed by atoms with Gasteiger partial charge in [-0.3, -0.25) is 0 Å².